The summed E-state index contributed by atoms with van der Waals surface area (Å²) in [5.74, 6) is -0.558. The van der Waals surface area contributed by atoms with E-state index in [1.807, 2.05) is 24.3 Å². The molecule has 0 heterocycles. The van der Waals surface area contributed by atoms with Gasteiger partial charge in [-0.05, 0) is 30.4 Å². The fourth-order valence-corrected chi connectivity index (χ4v) is 1.56. The summed E-state index contributed by atoms with van der Waals surface area (Å²) in [6.45, 7) is 6.06. The maximum absolute atomic E-state index is 10.8. The molecule has 0 aliphatic rings. The van der Waals surface area contributed by atoms with Gasteiger partial charge in [-0.2, -0.15) is 0 Å². The van der Waals surface area contributed by atoms with E-state index < -0.39 is 11.9 Å². The van der Waals surface area contributed by atoms with E-state index in [0.29, 0.717) is 5.92 Å². The minimum absolute atomic E-state index is 0. The Bertz CT molecular complexity index is 330. The predicted molar refractivity (Wildman–Crippen MR) is 68.3 cm³/mol. The van der Waals surface area contributed by atoms with Crippen LogP contribution in [0.3, 0.4) is 0 Å². The van der Waals surface area contributed by atoms with Gasteiger partial charge in [-0.15, -0.1) is 0 Å². The molecule has 4 nitrogen and oxygen atoms in total. The molecular weight excluding hydrogens is 220 g/mol. The van der Waals surface area contributed by atoms with E-state index in [4.69, 9.17) is 5.11 Å². The molecule has 4 heteroatoms. The average molecular weight is 242 g/mol. The van der Waals surface area contributed by atoms with Crippen molar-refractivity contribution in [3.8, 4) is 0 Å². The molecular formula is C13H22O4. The average Bonchev–Trinajstić information content (AvgIpc) is 2.17. The Balaban J connectivity index is 0. The zero-order chi connectivity index (χ0) is 11.4. The molecule has 0 amide bonds. The third-order valence-electron chi connectivity index (χ3n) is 2.49. The molecule has 0 aliphatic heterocycles. The second kappa shape index (κ2) is 7.81. The van der Waals surface area contributed by atoms with Gasteiger partial charge in [0.2, 0.25) is 0 Å². The molecule has 0 aromatic heterocycles. The van der Waals surface area contributed by atoms with Crippen molar-refractivity contribution in [1.82, 2.24) is 0 Å². The quantitative estimate of drug-likeness (QED) is 0.863. The molecule has 0 bridgehead atoms. The fraction of sp³-hybridized carbons (Fsp3) is 0.462. The van der Waals surface area contributed by atoms with Crippen LogP contribution in [0.25, 0.3) is 0 Å². The monoisotopic (exact) mass is 242 g/mol. The molecule has 5 N–H and O–H groups in total. The number of rotatable bonds is 4. The third-order valence-corrected chi connectivity index (χ3v) is 2.49. The standard InChI is InChI=1S/C13H18O2.2H2O/c1-9(2)8-11-4-6-12(7-5-11)10(3)13(14)15;;/h4-7,9-10H,8H2,1-3H3,(H,14,15);2*1H2/t10-;;/m1../s1. The van der Waals surface area contributed by atoms with Gasteiger partial charge in [0.15, 0.2) is 0 Å². The van der Waals surface area contributed by atoms with Crippen LogP contribution in [-0.4, -0.2) is 22.0 Å². The van der Waals surface area contributed by atoms with E-state index in [2.05, 4.69) is 13.8 Å². The van der Waals surface area contributed by atoms with E-state index in [1.165, 1.54) is 5.56 Å². The summed E-state index contributed by atoms with van der Waals surface area (Å²) in [6.07, 6.45) is 1.04. The molecule has 0 spiro atoms. The molecule has 98 valence electrons. The molecule has 0 unspecified atom stereocenters. The lowest BCUT2D eigenvalue weighted by Crippen LogP contribution is -2.07. The van der Waals surface area contributed by atoms with Crippen LogP contribution in [0, 0.1) is 5.92 Å². The molecule has 0 saturated heterocycles. The number of benzene rings is 1. The summed E-state index contributed by atoms with van der Waals surface area (Å²) in [5, 5.41) is 8.85. The van der Waals surface area contributed by atoms with Crippen molar-refractivity contribution in [3.63, 3.8) is 0 Å². The van der Waals surface area contributed by atoms with Crippen LogP contribution in [0.2, 0.25) is 0 Å². The maximum Gasteiger partial charge on any atom is 0.310 e. The van der Waals surface area contributed by atoms with Gasteiger partial charge < -0.3 is 16.1 Å². The van der Waals surface area contributed by atoms with E-state index in [0.717, 1.165) is 12.0 Å². The molecule has 1 aromatic carbocycles. The van der Waals surface area contributed by atoms with Crippen LogP contribution in [0.15, 0.2) is 24.3 Å². The summed E-state index contributed by atoms with van der Waals surface area (Å²) in [4.78, 5) is 10.8. The molecule has 1 atom stereocenters. The first kappa shape index (κ1) is 18.0. The molecule has 0 aliphatic carbocycles. The van der Waals surface area contributed by atoms with Crippen molar-refractivity contribution in [2.75, 3.05) is 0 Å². The Morgan fingerprint density at radius 3 is 1.94 bits per heavy atom. The van der Waals surface area contributed by atoms with Gasteiger partial charge in [0.25, 0.3) is 0 Å². The molecule has 0 fully saturated rings. The highest BCUT2D eigenvalue weighted by atomic mass is 16.4. The maximum atomic E-state index is 10.8. The number of carboxylic acid groups (broad SMARTS) is 1. The molecule has 17 heavy (non-hydrogen) atoms. The van der Waals surface area contributed by atoms with Gasteiger partial charge >= 0.3 is 5.97 Å². The summed E-state index contributed by atoms with van der Waals surface area (Å²) < 4.78 is 0. The highest BCUT2D eigenvalue weighted by Gasteiger charge is 2.12. The highest BCUT2D eigenvalue weighted by Crippen LogP contribution is 2.17. The van der Waals surface area contributed by atoms with Crippen LogP contribution >= 0.6 is 0 Å². The Kier molecular flexibility index (Phi) is 8.27. The van der Waals surface area contributed by atoms with Gasteiger partial charge in [-0.3, -0.25) is 4.79 Å². The van der Waals surface area contributed by atoms with E-state index in [9.17, 15) is 4.79 Å². The summed E-state index contributed by atoms with van der Waals surface area (Å²) in [7, 11) is 0. The zero-order valence-corrected chi connectivity index (χ0v) is 10.5. The first-order valence-corrected chi connectivity index (χ1v) is 5.32. The topological polar surface area (TPSA) is 100 Å². The summed E-state index contributed by atoms with van der Waals surface area (Å²) in [6, 6.07) is 7.87. The van der Waals surface area contributed by atoms with Gasteiger partial charge in [-0.1, -0.05) is 38.1 Å². The Morgan fingerprint density at radius 2 is 1.59 bits per heavy atom. The first-order valence-electron chi connectivity index (χ1n) is 5.32. The van der Waals surface area contributed by atoms with Crippen LogP contribution in [-0.2, 0) is 11.2 Å². The lowest BCUT2D eigenvalue weighted by Gasteiger charge is -2.09. The molecule has 1 rings (SSSR count). The molecule has 1 aromatic rings. The lowest BCUT2D eigenvalue weighted by atomic mass is 9.97. The number of carbonyl (C=O) groups is 1. The minimum atomic E-state index is -0.772. The SMILES string of the molecule is CC(C)Cc1ccc([C@@H](C)C(=O)O)cc1.O.O. The predicted octanol–water partition coefficient (Wildman–Crippen LogP) is 1.42. The van der Waals surface area contributed by atoms with Crippen LogP contribution in [0.4, 0.5) is 0 Å². The Labute approximate surface area is 102 Å². The normalized spacial score (nSPS) is 11.3. The fourth-order valence-electron chi connectivity index (χ4n) is 1.56. The smallest absolute Gasteiger partial charge is 0.310 e. The van der Waals surface area contributed by atoms with Crippen molar-refractivity contribution >= 4 is 5.97 Å². The number of hydrogen-bond donors (Lipinski definition) is 1. The Hall–Kier alpha value is -1.39. The number of hydrogen-bond acceptors (Lipinski definition) is 1. The van der Waals surface area contributed by atoms with Crippen molar-refractivity contribution in [2.24, 2.45) is 5.92 Å². The number of aliphatic carboxylic acids is 1. The van der Waals surface area contributed by atoms with Crippen LogP contribution in [0.1, 0.15) is 37.8 Å². The lowest BCUT2D eigenvalue weighted by molar-refractivity contribution is -0.138. The van der Waals surface area contributed by atoms with Gasteiger partial charge in [-0.25, -0.2) is 0 Å². The molecule has 0 radical (unpaired) electrons. The van der Waals surface area contributed by atoms with Gasteiger partial charge in [0, 0.05) is 0 Å². The van der Waals surface area contributed by atoms with Crippen molar-refractivity contribution in [2.45, 2.75) is 33.1 Å². The van der Waals surface area contributed by atoms with E-state index in [-0.39, 0.29) is 11.0 Å². The van der Waals surface area contributed by atoms with Crippen molar-refractivity contribution in [1.29, 1.82) is 0 Å². The van der Waals surface area contributed by atoms with Crippen molar-refractivity contribution in [3.05, 3.63) is 35.4 Å². The molecule has 0 saturated carbocycles. The Morgan fingerprint density at radius 1 is 1.12 bits per heavy atom. The highest BCUT2D eigenvalue weighted by molar-refractivity contribution is 5.75. The summed E-state index contributed by atoms with van der Waals surface area (Å²) >= 11 is 0. The number of carboxylic acids is 1. The van der Waals surface area contributed by atoms with E-state index in [1.54, 1.807) is 6.92 Å². The first-order chi connectivity index (χ1) is 7.00. The third kappa shape index (κ3) is 5.47. The largest absolute Gasteiger partial charge is 0.481 e. The second-order valence-electron chi connectivity index (χ2n) is 4.40. The van der Waals surface area contributed by atoms with E-state index >= 15 is 0 Å². The van der Waals surface area contributed by atoms with Crippen LogP contribution in [0.5, 0.6) is 0 Å². The zero-order valence-electron chi connectivity index (χ0n) is 10.5. The summed E-state index contributed by atoms with van der Waals surface area (Å²) in [5.41, 5.74) is 2.14. The van der Waals surface area contributed by atoms with Gasteiger partial charge in [0.05, 0.1) is 5.92 Å². The van der Waals surface area contributed by atoms with Crippen molar-refractivity contribution < 1.29 is 20.9 Å². The van der Waals surface area contributed by atoms with Crippen LogP contribution < -0.4 is 0 Å². The van der Waals surface area contributed by atoms with Gasteiger partial charge in [0.1, 0.15) is 0 Å². The second-order valence-corrected chi connectivity index (χ2v) is 4.40. The minimum Gasteiger partial charge on any atom is -0.481 e.